The average molecular weight is 380 g/mol. The minimum atomic E-state index is -0.538. The normalized spacial score (nSPS) is 11.0. The van der Waals surface area contributed by atoms with Crippen LogP contribution in [-0.4, -0.2) is 15.9 Å². The van der Waals surface area contributed by atoms with E-state index in [2.05, 4.69) is 9.97 Å². The van der Waals surface area contributed by atoms with Gasteiger partial charge in [-0.15, -0.1) is 0 Å². The van der Waals surface area contributed by atoms with E-state index < -0.39 is 5.91 Å². The van der Waals surface area contributed by atoms with Gasteiger partial charge in [0.05, 0.1) is 5.52 Å². The molecule has 0 spiro atoms. The molecule has 0 fully saturated rings. The third-order valence-electron chi connectivity index (χ3n) is 4.18. The zero-order chi connectivity index (χ0) is 18.1. The highest BCUT2D eigenvalue weighted by molar-refractivity contribution is 7.08. The van der Waals surface area contributed by atoms with Crippen LogP contribution in [0.5, 0.6) is 0 Å². The summed E-state index contributed by atoms with van der Waals surface area (Å²) in [5.41, 5.74) is 10.4. The lowest BCUT2D eigenvalue weighted by atomic mass is 10.00. The molecule has 0 aliphatic rings. The van der Waals surface area contributed by atoms with Gasteiger partial charge in [-0.3, -0.25) is 9.78 Å². The minimum absolute atomic E-state index is 0.287. The number of hydrogen-bond acceptors (Lipinski definition) is 4. The van der Waals surface area contributed by atoms with Gasteiger partial charge >= 0.3 is 0 Å². The van der Waals surface area contributed by atoms with Crippen LogP contribution in [-0.2, 0) is 6.42 Å². The van der Waals surface area contributed by atoms with Gasteiger partial charge in [0.1, 0.15) is 5.69 Å². The molecule has 4 aromatic rings. The van der Waals surface area contributed by atoms with Crippen LogP contribution >= 0.6 is 22.9 Å². The van der Waals surface area contributed by atoms with E-state index in [1.54, 1.807) is 23.7 Å². The average Bonchev–Trinajstić information content (AvgIpc) is 3.17. The predicted molar refractivity (Wildman–Crippen MR) is 106 cm³/mol. The molecule has 3 heterocycles. The lowest BCUT2D eigenvalue weighted by Gasteiger charge is -2.11. The van der Waals surface area contributed by atoms with Crippen molar-refractivity contribution in [3.63, 3.8) is 0 Å². The molecule has 128 valence electrons. The molecule has 0 aliphatic heterocycles. The first-order chi connectivity index (χ1) is 12.6. The molecular weight excluding hydrogens is 366 g/mol. The van der Waals surface area contributed by atoms with Gasteiger partial charge in [-0.05, 0) is 58.1 Å². The number of aromatic nitrogens is 2. The first-order valence-corrected chi connectivity index (χ1v) is 9.28. The number of carbonyl (C=O) groups excluding carboxylic acids is 1. The molecule has 0 saturated heterocycles. The molecule has 26 heavy (non-hydrogen) atoms. The zero-order valence-corrected chi connectivity index (χ0v) is 15.2. The number of carbonyl (C=O) groups is 1. The fourth-order valence-corrected chi connectivity index (χ4v) is 3.72. The third-order valence-corrected chi connectivity index (χ3v) is 5.11. The number of nitrogens with zero attached hydrogens (tertiary/aromatic N) is 2. The Labute approximate surface area is 159 Å². The number of fused-ring (bicyclic) bond motifs is 1. The van der Waals surface area contributed by atoms with Crippen molar-refractivity contribution in [2.45, 2.75) is 6.42 Å². The Bertz CT molecular complexity index is 1090. The van der Waals surface area contributed by atoms with Crippen molar-refractivity contribution in [2.75, 3.05) is 0 Å². The van der Waals surface area contributed by atoms with E-state index in [-0.39, 0.29) is 5.69 Å². The summed E-state index contributed by atoms with van der Waals surface area (Å²) in [5, 5.41) is 5.58. The van der Waals surface area contributed by atoms with Crippen molar-refractivity contribution in [3.05, 3.63) is 81.4 Å². The SMILES string of the molecule is NC(=O)c1nc2c(-c3ccsc3)cncc2cc1Cc1ccc(Cl)cc1. The number of rotatable bonds is 4. The van der Waals surface area contributed by atoms with Gasteiger partial charge < -0.3 is 5.73 Å². The van der Waals surface area contributed by atoms with Crippen molar-refractivity contribution >= 4 is 39.7 Å². The Balaban J connectivity index is 1.87. The lowest BCUT2D eigenvalue weighted by molar-refractivity contribution is 0.0995. The van der Waals surface area contributed by atoms with E-state index in [0.29, 0.717) is 11.4 Å². The Morgan fingerprint density at radius 3 is 2.65 bits per heavy atom. The van der Waals surface area contributed by atoms with Gasteiger partial charge in [-0.25, -0.2) is 4.98 Å². The fraction of sp³-hybridized carbons (Fsp3) is 0.0500. The maximum Gasteiger partial charge on any atom is 0.267 e. The fourth-order valence-electron chi connectivity index (χ4n) is 2.94. The third kappa shape index (κ3) is 3.19. The van der Waals surface area contributed by atoms with Crippen LogP contribution < -0.4 is 5.73 Å². The Kier molecular flexibility index (Phi) is 4.41. The zero-order valence-electron chi connectivity index (χ0n) is 13.6. The molecule has 0 aliphatic carbocycles. The molecule has 2 N–H and O–H groups in total. The van der Waals surface area contributed by atoms with Crippen LogP contribution in [0.2, 0.25) is 5.02 Å². The largest absolute Gasteiger partial charge is 0.364 e. The molecule has 3 aromatic heterocycles. The molecule has 4 rings (SSSR count). The Morgan fingerprint density at radius 2 is 1.96 bits per heavy atom. The molecule has 1 aromatic carbocycles. The second kappa shape index (κ2) is 6.86. The summed E-state index contributed by atoms with van der Waals surface area (Å²) in [5.74, 6) is -0.538. The van der Waals surface area contributed by atoms with Crippen LogP contribution in [0.1, 0.15) is 21.6 Å². The standard InChI is InChI=1S/C20H14ClN3OS/c21-16-3-1-12(2-4-16)7-14-8-15-9-23-10-17(13-5-6-26-11-13)18(15)24-19(14)20(22)25/h1-6,8-11H,7H2,(H2,22,25). The molecule has 0 atom stereocenters. The Hall–Kier alpha value is -2.76. The van der Waals surface area contributed by atoms with E-state index in [1.807, 2.05) is 47.2 Å². The first kappa shape index (κ1) is 16.7. The van der Waals surface area contributed by atoms with E-state index in [1.165, 1.54) is 0 Å². The highest BCUT2D eigenvalue weighted by Gasteiger charge is 2.15. The number of halogens is 1. The second-order valence-corrected chi connectivity index (χ2v) is 7.15. The molecular formula is C20H14ClN3OS. The number of benzene rings is 1. The van der Waals surface area contributed by atoms with Crippen molar-refractivity contribution in [1.82, 2.24) is 9.97 Å². The van der Waals surface area contributed by atoms with E-state index in [0.717, 1.165) is 33.2 Å². The van der Waals surface area contributed by atoms with E-state index in [4.69, 9.17) is 17.3 Å². The smallest absolute Gasteiger partial charge is 0.267 e. The molecule has 4 nitrogen and oxygen atoms in total. The van der Waals surface area contributed by atoms with Crippen molar-refractivity contribution in [3.8, 4) is 11.1 Å². The van der Waals surface area contributed by atoms with E-state index in [9.17, 15) is 4.79 Å². The maximum absolute atomic E-state index is 12.0. The van der Waals surface area contributed by atoms with Gasteiger partial charge in [-0.1, -0.05) is 23.7 Å². The van der Waals surface area contributed by atoms with Crippen LogP contribution in [0.25, 0.3) is 22.0 Å². The van der Waals surface area contributed by atoms with Crippen LogP contribution in [0.3, 0.4) is 0 Å². The van der Waals surface area contributed by atoms with Crippen LogP contribution in [0, 0.1) is 0 Å². The van der Waals surface area contributed by atoms with Gasteiger partial charge in [0, 0.05) is 28.4 Å². The summed E-state index contributed by atoms with van der Waals surface area (Å²) in [6.07, 6.45) is 4.07. The van der Waals surface area contributed by atoms with Crippen LogP contribution in [0.15, 0.2) is 59.6 Å². The number of hydrogen-bond donors (Lipinski definition) is 1. The number of amides is 1. The first-order valence-electron chi connectivity index (χ1n) is 7.96. The minimum Gasteiger partial charge on any atom is -0.364 e. The van der Waals surface area contributed by atoms with Crippen molar-refractivity contribution in [2.24, 2.45) is 5.73 Å². The molecule has 6 heteroatoms. The highest BCUT2D eigenvalue weighted by Crippen LogP contribution is 2.29. The molecule has 0 radical (unpaired) electrons. The number of nitrogens with two attached hydrogens (primary N) is 1. The van der Waals surface area contributed by atoms with Crippen molar-refractivity contribution in [1.29, 1.82) is 0 Å². The molecule has 1 amide bonds. The van der Waals surface area contributed by atoms with E-state index >= 15 is 0 Å². The number of primary amides is 1. The van der Waals surface area contributed by atoms with Gasteiger partial charge in [0.15, 0.2) is 0 Å². The summed E-state index contributed by atoms with van der Waals surface area (Å²) in [6.45, 7) is 0. The van der Waals surface area contributed by atoms with Gasteiger partial charge in [-0.2, -0.15) is 11.3 Å². The molecule has 0 unspecified atom stereocenters. The topological polar surface area (TPSA) is 68.9 Å². The predicted octanol–water partition coefficient (Wildman–Crippen LogP) is 4.70. The summed E-state index contributed by atoms with van der Waals surface area (Å²) >= 11 is 7.55. The highest BCUT2D eigenvalue weighted by atomic mass is 35.5. The summed E-state index contributed by atoms with van der Waals surface area (Å²) in [7, 11) is 0. The quantitative estimate of drug-likeness (QED) is 0.558. The summed E-state index contributed by atoms with van der Waals surface area (Å²) in [4.78, 5) is 21.0. The van der Waals surface area contributed by atoms with Crippen LogP contribution in [0.4, 0.5) is 0 Å². The number of thiophene rings is 1. The lowest BCUT2D eigenvalue weighted by Crippen LogP contribution is -2.16. The summed E-state index contributed by atoms with van der Waals surface area (Å²) in [6, 6.07) is 11.5. The summed E-state index contributed by atoms with van der Waals surface area (Å²) < 4.78 is 0. The number of pyridine rings is 2. The molecule has 0 bridgehead atoms. The van der Waals surface area contributed by atoms with Crippen molar-refractivity contribution < 1.29 is 4.79 Å². The Morgan fingerprint density at radius 1 is 1.15 bits per heavy atom. The second-order valence-electron chi connectivity index (χ2n) is 5.93. The monoisotopic (exact) mass is 379 g/mol. The maximum atomic E-state index is 12.0. The van der Waals surface area contributed by atoms with Gasteiger partial charge in [0.2, 0.25) is 0 Å². The van der Waals surface area contributed by atoms with Gasteiger partial charge in [0.25, 0.3) is 5.91 Å². The molecule has 0 saturated carbocycles.